The average molecular weight is 1650 g/mol. The molecule has 0 spiro atoms. The van der Waals surface area contributed by atoms with Gasteiger partial charge in [0.25, 0.3) is 7.82 Å². The molecule has 0 amide bonds. The molecule has 0 aromatic heterocycles. The van der Waals surface area contributed by atoms with Crippen molar-refractivity contribution in [3.05, 3.63) is 0 Å². The Morgan fingerprint density at radius 3 is 1.05 bits per heavy atom. The van der Waals surface area contributed by atoms with Crippen molar-refractivity contribution in [1.82, 2.24) is 0 Å². The average Bonchev–Trinajstić information content (AvgIpc) is 0.754. The molecule has 19 atom stereocenters. The monoisotopic (exact) mass is 1650 g/mol. The zero-order chi connectivity index (χ0) is 83.4. The van der Waals surface area contributed by atoms with Crippen LogP contribution < -0.4 is 4.89 Å². The second-order valence-corrected chi connectivity index (χ2v) is 34.8. The topological polar surface area (TPSA) is 383 Å². The zero-order valence-electron chi connectivity index (χ0n) is 71.5. The van der Waals surface area contributed by atoms with Crippen molar-refractivity contribution in [2.45, 2.75) is 505 Å². The van der Waals surface area contributed by atoms with Crippen LogP contribution in [0.4, 0.5) is 0 Å². The number of phosphoric ester groups is 1. The third kappa shape index (κ3) is 47.6. The van der Waals surface area contributed by atoms with Gasteiger partial charge in [-0.3, -0.25) is 23.7 Å². The Balaban J connectivity index is 1.93. The number of rotatable bonds is 74. The molecule has 0 bridgehead atoms. The highest BCUT2D eigenvalue weighted by Crippen LogP contribution is 2.46. The van der Waals surface area contributed by atoms with E-state index in [2.05, 4.69) is 34.6 Å². The van der Waals surface area contributed by atoms with E-state index in [0.29, 0.717) is 44.4 Å². The number of aliphatic hydroxyl groups is 9. The molecule has 2 aliphatic heterocycles. The van der Waals surface area contributed by atoms with Crippen molar-refractivity contribution in [1.29, 1.82) is 0 Å². The number of hydrogen-bond acceptors (Lipinski definition) is 25. The molecule has 0 radical (unpaired) electrons. The lowest BCUT2D eigenvalue weighted by Gasteiger charge is -2.51. The van der Waals surface area contributed by atoms with Gasteiger partial charge in [0.2, 0.25) is 0 Å². The van der Waals surface area contributed by atoms with Crippen molar-refractivity contribution in [2.24, 2.45) is 5.92 Å². The lowest BCUT2D eigenvalue weighted by Crippen LogP contribution is -2.70. The Bertz CT molecular complexity index is 2400. The van der Waals surface area contributed by atoms with E-state index in [1.807, 2.05) is 0 Å². The fourth-order valence-corrected chi connectivity index (χ4v) is 16.5. The summed E-state index contributed by atoms with van der Waals surface area (Å²) in [5.41, 5.74) is 0. The molecule has 25 nitrogen and oxygen atoms in total. The molecular formula is C88H164O25P-. The van der Waals surface area contributed by atoms with Gasteiger partial charge < -0.3 is 97.8 Å². The lowest BCUT2D eigenvalue weighted by molar-refractivity contribution is -0.363. The Labute approximate surface area is 687 Å². The van der Waals surface area contributed by atoms with Crippen LogP contribution in [0.5, 0.6) is 0 Å². The van der Waals surface area contributed by atoms with E-state index in [9.17, 15) is 74.6 Å². The zero-order valence-corrected chi connectivity index (χ0v) is 72.4. The number of carbonyl (C=O) groups is 4. The van der Waals surface area contributed by atoms with E-state index in [1.165, 1.54) is 180 Å². The molecule has 1 saturated carbocycles. The van der Waals surface area contributed by atoms with Crippen LogP contribution in [0.3, 0.4) is 0 Å². The van der Waals surface area contributed by atoms with Crippen LogP contribution in [0.25, 0.3) is 0 Å². The van der Waals surface area contributed by atoms with Gasteiger partial charge in [0.1, 0.15) is 92.6 Å². The molecule has 1 unspecified atom stereocenters. The second kappa shape index (κ2) is 67.1. The molecule has 9 N–H and O–H groups in total. The maximum absolute atomic E-state index is 14.8. The van der Waals surface area contributed by atoms with Gasteiger partial charge in [0.05, 0.1) is 13.2 Å². The summed E-state index contributed by atoms with van der Waals surface area (Å²) in [5.74, 6) is -2.32. The lowest BCUT2D eigenvalue weighted by atomic mass is 9.84. The first-order valence-corrected chi connectivity index (χ1v) is 47.6. The van der Waals surface area contributed by atoms with E-state index in [1.54, 1.807) is 0 Å². The Hall–Kier alpha value is -2.53. The molecule has 2 heterocycles. The van der Waals surface area contributed by atoms with E-state index in [0.717, 1.165) is 122 Å². The van der Waals surface area contributed by atoms with Crippen LogP contribution in [0.1, 0.15) is 401 Å². The van der Waals surface area contributed by atoms with Crippen molar-refractivity contribution in [3.8, 4) is 0 Å². The standard InChI is InChI=1S/C88H165O25P/c1-6-10-14-18-22-25-28-31-34-37-40-47-54-60-72(91)105-66-70-76(95)78(97)82(101)88(109-70)112-85-83(110-74(93)62-56-50-42-39-36-33-30-27-24-20-16-12-8-3)79(98)80(99)84(111-87-81(100)77(96)75(94)69(63-89)108-87)86(85)113-114(102,103)106-65-68(107-73(92)61-55-49-41-38-35-32-29-26-23-19-15-11-7-2)64-104-71(90)59-53-48-44-43-46-52-58-67(5)57-51-45-21-17-13-9-4/h67-70,75-89,94-101H,6-66H2,1-5H3,(H,102,103)/p-1/t67-,68+,69+,70+,75+,76+,77-,78-,79+,80+,81-,82-,83-,84+,85+,86+,87+,88+/m0/s1. The van der Waals surface area contributed by atoms with Crippen LogP contribution in [0.15, 0.2) is 0 Å². The number of unbranched alkanes of at least 4 members (excludes halogenated alkanes) is 46. The number of phosphoric acid groups is 1. The predicted octanol–water partition coefficient (Wildman–Crippen LogP) is 15.8. The van der Waals surface area contributed by atoms with Crippen LogP contribution in [0.2, 0.25) is 0 Å². The van der Waals surface area contributed by atoms with Crippen LogP contribution in [-0.4, -0.2) is 200 Å². The first kappa shape index (κ1) is 106. The van der Waals surface area contributed by atoms with Gasteiger partial charge in [0.15, 0.2) is 24.8 Å². The summed E-state index contributed by atoms with van der Waals surface area (Å²) < 4.78 is 72.9. The second-order valence-electron chi connectivity index (χ2n) is 33.4. The normalized spacial score (nSPS) is 25.6. The number of ether oxygens (including phenoxy) is 8. The smallest absolute Gasteiger partial charge is 0.306 e. The van der Waals surface area contributed by atoms with E-state index in [-0.39, 0.29) is 25.7 Å². The Morgan fingerprint density at radius 2 is 0.667 bits per heavy atom. The summed E-state index contributed by atoms with van der Waals surface area (Å²) in [7, 11) is -6.05. The maximum atomic E-state index is 14.8. The summed E-state index contributed by atoms with van der Waals surface area (Å²) in [6, 6.07) is 0. The highest BCUT2D eigenvalue weighted by Gasteiger charge is 2.59. The molecule has 3 aliphatic rings. The quantitative estimate of drug-likeness (QED) is 0.0118. The third-order valence-corrected chi connectivity index (χ3v) is 24.0. The summed E-state index contributed by atoms with van der Waals surface area (Å²) in [6.45, 7) is 7.81. The van der Waals surface area contributed by atoms with E-state index in [4.69, 9.17) is 46.9 Å². The number of hydrogen-bond donors (Lipinski definition) is 9. The Morgan fingerprint density at radius 1 is 0.351 bits per heavy atom. The summed E-state index contributed by atoms with van der Waals surface area (Å²) >= 11 is 0. The molecule has 672 valence electrons. The van der Waals surface area contributed by atoms with Crippen molar-refractivity contribution < 1.29 is 122 Å². The van der Waals surface area contributed by atoms with Gasteiger partial charge in [-0.05, 0) is 31.6 Å². The molecule has 3 fully saturated rings. The minimum atomic E-state index is -6.05. The molecule has 114 heavy (non-hydrogen) atoms. The summed E-state index contributed by atoms with van der Waals surface area (Å²) in [4.78, 5) is 69.1. The third-order valence-electron chi connectivity index (χ3n) is 23.0. The predicted molar refractivity (Wildman–Crippen MR) is 437 cm³/mol. The molecule has 3 rings (SSSR count). The minimum Gasteiger partial charge on any atom is -0.756 e. The summed E-state index contributed by atoms with van der Waals surface area (Å²) in [6.07, 6.45) is 20.5. The van der Waals surface area contributed by atoms with Gasteiger partial charge in [-0.2, -0.15) is 0 Å². The first-order chi connectivity index (χ1) is 55.1. The van der Waals surface area contributed by atoms with Crippen molar-refractivity contribution in [3.63, 3.8) is 0 Å². The van der Waals surface area contributed by atoms with Gasteiger partial charge in [-0.25, -0.2) is 0 Å². The largest absolute Gasteiger partial charge is 0.756 e. The van der Waals surface area contributed by atoms with Gasteiger partial charge in [0, 0.05) is 25.7 Å². The number of esters is 4. The van der Waals surface area contributed by atoms with Crippen molar-refractivity contribution in [2.75, 3.05) is 26.4 Å². The fraction of sp³-hybridized carbons (Fsp3) is 0.955. The highest BCUT2D eigenvalue weighted by molar-refractivity contribution is 7.45. The molecule has 0 aromatic rings. The number of aliphatic hydroxyl groups excluding tert-OH is 9. The molecule has 0 aromatic carbocycles. The van der Waals surface area contributed by atoms with Crippen LogP contribution in [-0.2, 0) is 70.7 Å². The van der Waals surface area contributed by atoms with E-state index >= 15 is 0 Å². The summed E-state index contributed by atoms with van der Waals surface area (Å²) in [5, 5.41) is 102. The SMILES string of the molecule is CCCCCCCCCCCCCCCC(=O)OC[C@H]1O[C@H](O[C@H]2[C@H](OP(=O)([O-])OC[C@@H](COC(=O)CCCCCCCC[C@@H](C)CCCCCCCC)OC(=O)CCCCCCCCCCCCCCC)[C@H](O[C@H]3O[C@H](CO)[C@@H](O)[C@H](O)[C@@H]3O)[C@H](O)[C@@H](O)[C@@H]2OC(=O)CCCCCCCCCCCCCCC)[C@@H](O)[C@@H](O)[C@@H]1O. The molecular weight excluding hydrogens is 1490 g/mol. The van der Waals surface area contributed by atoms with Crippen LogP contribution >= 0.6 is 7.82 Å². The number of carbonyl (C=O) groups excluding carboxylic acids is 4. The maximum Gasteiger partial charge on any atom is 0.306 e. The van der Waals surface area contributed by atoms with E-state index < -0.39 is 162 Å². The van der Waals surface area contributed by atoms with Gasteiger partial charge >= 0.3 is 23.9 Å². The van der Waals surface area contributed by atoms with Gasteiger partial charge in [-0.1, -0.05) is 349 Å². The molecule has 1 aliphatic carbocycles. The fourth-order valence-electron chi connectivity index (χ4n) is 15.6. The van der Waals surface area contributed by atoms with Crippen molar-refractivity contribution >= 4 is 31.7 Å². The molecule has 2 saturated heterocycles. The Kier molecular flexibility index (Phi) is 62.2. The van der Waals surface area contributed by atoms with Gasteiger partial charge in [-0.15, -0.1) is 0 Å². The molecule has 26 heteroatoms. The minimum absolute atomic E-state index is 0.0134. The highest BCUT2D eigenvalue weighted by atomic mass is 31.2. The first-order valence-electron chi connectivity index (χ1n) is 46.1. The van der Waals surface area contributed by atoms with Crippen LogP contribution in [0, 0.1) is 5.92 Å².